The summed E-state index contributed by atoms with van der Waals surface area (Å²) in [7, 11) is -3.04. The molecule has 0 amide bonds. The Morgan fingerprint density at radius 3 is 2.75 bits per heavy atom. The molecule has 4 rings (SSSR count). The Hall–Kier alpha value is -2.82. The Balaban J connectivity index is 1.59. The number of hydrogen-bond donors (Lipinski definition) is 2. The maximum Gasteiger partial charge on any atom is 0.251 e. The Labute approximate surface area is 188 Å². The van der Waals surface area contributed by atoms with Crippen molar-refractivity contribution in [1.82, 2.24) is 14.5 Å². The van der Waals surface area contributed by atoms with E-state index in [-0.39, 0.29) is 28.5 Å². The largest absolute Gasteiger partial charge is 0.394 e. The lowest BCUT2D eigenvalue weighted by Crippen LogP contribution is -2.27. The fourth-order valence-corrected chi connectivity index (χ4v) is 5.45. The van der Waals surface area contributed by atoms with E-state index in [4.69, 9.17) is 11.6 Å². The first-order valence-electron chi connectivity index (χ1n) is 9.84. The molecule has 2 atom stereocenters. The average molecular weight is 479 g/mol. The number of nitrogens with zero attached hydrogens (tertiary/aromatic N) is 3. The van der Waals surface area contributed by atoms with E-state index in [0.29, 0.717) is 23.2 Å². The van der Waals surface area contributed by atoms with Crippen LogP contribution in [0.4, 0.5) is 10.3 Å². The highest BCUT2D eigenvalue weighted by atomic mass is 35.5. The third-order valence-corrected chi connectivity index (χ3v) is 7.38. The SMILES string of the molecule is O=c1cc(-c2ccnc(NC3CCS(=O)(=O)C3)n2)ccn1[C@H](CO)c1ccc(Cl)c(F)c1. The molecule has 3 heterocycles. The van der Waals surface area contributed by atoms with E-state index in [9.17, 15) is 22.7 Å². The van der Waals surface area contributed by atoms with Crippen molar-refractivity contribution >= 4 is 27.4 Å². The minimum absolute atomic E-state index is 0.0322. The second-order valence-electron chi connectivity index (χ2n) is 7.54. The molecule has 11 heteroatoms. The molecule has 1 aromatic carbocycles. The van der Waals surface area contributed by atoms with Gasteiger partial charge in [0.05, 0.1) is 34.9 Å². The molecule has 0 spiro atoms. The van der Waals surface area contributed by atoms with Gasteiger partial charge in [-0.2, -0.15) is 0 Å². The minimum Gasteiger partial charge on any atom is -0.394 e. The molecule has 168 valence electrons. The summed E-state index contributed by atoms with van der Waals surface area (Å²) >= 11 is 5.72. The fourth-order valence-electron chi connectivity index (χ4n) is 3.66. The predicted octanol–water partition coefficient (Wildman–Crippen LogP) is 2.28. The molecule has 0 aliphatic carbocycles. The zero-order chi connectivity index (χ0) is 22.9. The highest BCUT2D eigenvalue weighted by molar-refractivity contribution is 7.91. The van der Waals surface area contributed by atoms with Crippen molar-refractivity contribution < 1.29 is 17.9 Å². The molecule has 1 saturated heterocycles. The fraction of sp³-hybridized carbons (Fsp3) is 0.286. The maximum absolute atomic E-state index is 13.8. The van der Waals surface area contributed by atoms with Crippen LogP contribution in [0.1, 0.15) is 18.0 Å². The molecule has 1 unspecified atom stereocenters. The van der Waals surface area contributed by atoms with Crippen LogP contribution in [0.25, 0.3) is 11.3 Å². The lowest BCUT2D eigenvalue weighted by molar-refractivity contribution is 0.247. The van der Waals surface area contributed by atoms with E-state index in [1.54, 1.807) is 18.2 Å². The van der Waals surface area contributed by atoms with Gasteiger partial charge in [-0.05, 0) is 36.2 Å². The molecule has 1 fully saturated rings. The molecule has 2 N–H and O–H groups in total. The second-order valence-corrected chi connectivity index (χ2v) is 10.2. The van der Waals surface area contributed by atoms with Crippen LogP contribution >= 0.6 is 11.6 Å². The normalized spacial score (nSPS) is 18.4. The number of aromatic nitrogens is 3. The average Bonchev–Trinajstić information content (AvgIpc) is 3.10. The quantitative estimate of drug-likeness (QED) is 0.558. The van der Waals surface area contributed by atoms with E-state index in [2.05, 4.69) is 15.3 Å². The van der Waals surface area contributed by atoms with Gasteiger partial charge in [-0.3, -0.25) is 4.79 Å². The predicted molar refractivity (Wildman–Crippen MR) is 119 cm³/mol. The van der Waals surface area contributed by atoms with Gasteiger partial charge in [-0.25, -0.2) is 22.8 Å². The van der Waals surface area contributed by atoms with Crippen molar-refractivity contribution in [2.75, 3.05) is 23.4 Å². The highest BCUT2D eigenvalue weighted by Gasteiger charge is 2.28. The Morgan fingerprint density at radius 1 is 1.28 bits per heavy atom. The van der Waals surface area contributed by atoms with Gasteiger partial charge in [0.25, 0.3) is 5.56 Å². The Morgan fingerprint density at radius 2 is 2.09 bits per heavy atom. The van der Waals surface area contributed by atoms with E-state index in [1.807, 2.05) is 0 Å². The van der Waals surface area contributed by atoms with Gasteiger partial charge in [0, 0.05) is 30.1 Å². The summed E-state index contributed by atoms with van der Waals surface area (Å²) in [6, 6.07) is 7.73. The monoisotopic (exact) mass is 478 g/mol. The molecule has 32 heavy (non-hydrogen) atoms. The van der Waals surface area contributed by atoms with Crippen molar-refractivity contribution in [3.05, 3.63) is 75.5 Å². The second kappa shape index (κ2) is 8.97. The van der Waals surface area contributed by atoms with Gasteiger partial charge in [-0.1, -0.05) is 17.7 Å². The van der Waals surface area contributed by atoms with Gasteiger partial charge in [0.1, 0.15) is 5.82 Å². The lowest BCUT2D eigenvalue weighted by atomic mass is 10.1. The topological polar surface area (TPSA) is 114 Å². The summed E-state index contributed by atoms with van der Waals surface area (Å²) in [6.45, 7) is -0.411. The van der Waals surface area contributed by atoms with Crippen LogP contribution in [0, 0.1) is 5.82 Å². The van der Waals surface area contributed by atoms with Crippen LogP contribution in [0.2, 0.25) is 5.02 Å². The highest BCUT2D eigenvalue weighted by Crippen LogP contribution is 2.24. The molecular weight excluding hydrogens is 459 g/mol. The molecule has 1 aliphatic rings. The first-order valence-corrected chi connectivity index (χ1v) is 12.0. The first-order chi connectivity index (χ1) is 15.3. The molecule has 0 saturated carbocycles. The number of rotatable bonds is 6. The third-order valence-electron chi connectivity index (χ3n) is 5.30. The number of benzene rings is 1. The number of halogens is 2. The van der Waals surface area contributed by atoms with Crippen LogP contribution < -0.4 is 10.9 Å². The number of pyridine rings is 1. The molecule has 0 bridgehead atoms. The van der Waals surface area contributed by atoms with Crippen LogP contribution in [-0.4, -0.2) is 52.2 Å². The summed E-state index contributed by atoms with van der Waals surface area (Å²) in [5.41, 5.74) is 0.997. The van der Waals surface area contributed by atoms with Gasteiger partial charge in [0.2, 0.25) is 5.95 Å². The van der Waals surface area contributed by atoms with Crippen molar-refractivity contribution in [3.8, 4) is 11.3 Å². The van der Waals surface area contributed by atoms with Crippen molar-refractivity contribution in [1.29, 1.82) is 0 Å². The summed E-state index contributed by atoms with van der Waals surface area (Å²) < 4.78 is 38.4. The summed E-state index contributed by atoms with van der Waals surface area (Å²) in [5.74, 6) is -0.196. The number of hydrogen-bond acceptors (Lipinski definition) is 7. The van der Waals surface area contributed by atoms with E-state index >= 15 is 0 Å². The van der Waals surface area contributed by atoms with E-state index in [0.717, 1.165) is 0 Å². The standard InChI is InChI=1S/C21H20ClFN4O4S/c22-16-2-1-14(9-17(16)23)19(11-28)27-7-4-13(10-20(27)29)18-3-6-24-21(26-18)25-15-5-8-32(30,31)12-15/h1-4,6-7,9-10,15,19,28H,5,8,11-12H2,(H,24,25,26)/t15?,19-/m1/s1. The molecule has 1 aliphatic heterocycles. The van der Waals surface area contributed by atoms with Gasteiger partial charge >= 0.3 is 0 Å². The van der Waals surface area contributed by atoms with E-state index in [1.165, 1.54) is 35.2 Å². The number of aliphatic hydroxyl groups excluding tert-OH is 1. The van der Waals surface area contributed by atoms with E-state index < -0.39 is 33.9 Å². The van der Waals surface area contributed by atoms with Crippen LogP contribution in [0.15, 0.2) is 53.6 Å². The molecule has 2 aromatic heterocycles. The Kier molecular flexibility index (Phi) is 6.27. The zero-order valence-corrected chi connectivity index (χ0v) is 18.4. The Bertz CT molecular complexity index is 1320. The molecule has 3 aromatic rings. The van der Waals surface area contributed by atoms with Crippen molar-refractivity contribution in [3.63, 3.8) is 0 Å². The van der Waals surface area contributed by atoms with Gasteiger partial charge in [-0.15, -0.1) is 0 Å². The first kappa shape index (κ1) is 22.4. The lowest BCUT2D eigenvalue weighted by Gasteiger charge is -2.19. The van der Waals surface area contributed by atoms with Crippen LogP contribution in [0.5, 0.6) is 0 Å². The molecular formula is C21H20ClFN4O4S. The maximum atomic E-state index is 13.8. The smallest absolute Gasteiger partial charge is 0.251 e. The zero-order valence-electron chi connectivity index (χ0n) is 16.8. The number of anilines is 1. The number of nitrogens with one attached hydrogen (secondary N) is 1. The molecule has 8 nitrogen and oxygen atoms in total. The van der Waals surface area contributed by atoms with Crippen molar-refractivity contribution in [2.45, 2.75) is 18.5 Å². The van der Waals surface area contributed by atoms with Gasteiger partial charge in [0.15, 0.2) is 9.84 Å². The minimum atomic E-state index is -3.04. The van der Waals surface area contributed by atoms with Crippen molar-refractivity contribution in [2.24, 2.45) is 0 Å². The number of aliphatic hydroxyl groups is 1. The van der Waals surface area contributed by atoms with Gasteiger partial charge < -0.3 is 15.0 Å². The summed E-state index contributed by atoms with van der Waals surface area (Å²) in [4.78, 5) is 21.3. The van der Waals surface area contributed by atoms with Crippen LogP contribution in [0.3, 0.4) is 0 Å². The van der Waals surface area contributed by atoms with Crippen LogP contribution in [-0.2, 0) is 9.84 Å². The molecule has 0 radical (unpaired) electrons. The third kappa shape index (κ3) is 4.82. The number of sulfone groups is 1. The summed E-state index contributed by atoms with van der Waals surface area (Å²) in [6.07, 6.45) is 3.51. The summed E-state index contributed by atoms with van der Waals surface area (Å²) in [5, 5.41) is 12.8.